The van der Waals surface area contributed by atoms with Crippen LogP contribution in [0.15, 0.2) is 24.3 Å². The third-order valence-corrected chi connectivity index (χ3v) is 4.31. The number of aliphatic hydroxyl groups excluding tert-OH is 1. The summed E-state index contributed by atoms with van der Waals surface area (Å²) in [5.74, 6) is 1.20. The number of rotatable bonds is 7. The molecule has 1 saturated carbocycles. The average molecular weight is 320 g/mol. The number of hydrogen-bond acceptors (Lipinski definition) is 3. The van der Waals surface area contributed by atoms with Crippen LogP contribution in [0, 0.1) is 5.92 Å². The normalized spacial score (nSPS) is 18.2. The Hall–Kier alpha value is -1.75. The summed E-state index contributed by atoms with van der Waals surface area (Å²) in [6.45, 7) is 7.76. The summed E-state index contributed by atoms with van der Waals surface area (Å²) >= 11 is 0. The Morgan fingerprint density at radius 3 is 2.39 bits per heavy atom. The van der Waals surface area contributed by atoms with Crippen molar-refractivity contribution in [3.63, 3.8) is 0 Å². The average Bonchev–Trinajstić information content (AvgIpc) is 3.32. The first kappa shape index (κ1) is 17.6. The largest absolute Gasteiger partial charge is 0.491 e. The van der Waals surface area contributed by atoms with Crippen LogP contribution in [-0.2, 0) is 0 Å². The van der Waals surface area contributed by atoms with E-state index in [-0.39, 0.29) is 24.8 Å². The second-order valence-electron chi connectivity index (χ2n) is 6.91. The zero-order valence-corrected chi connectivity index (χ0v) is 14.4. The molecule has 0 aliphatic heterocycles. The van der Waals surface area contributed by atoms with Gasteiger partial charge in [0.05, 0.1) is 24.3 Å². The lowest BCUT2D eigenvalue weighted by atomic mass is 9.97. The molecule has 3 N–H and O–H groups in total. The molecule has 0 heterocycles. The van der Waals surface area contributed by atoms with E-state index in [0.717, 1.165) is 24.2 Å². The lowest BCUT2D eigenvalue weighted by Crippen LogP contribution is -2.54. The molecule has 0 bridgehead atoms. The molecular weight excluding hydrogens is 292 g/mol. The fourth-order valence-corrected chi connectivity index (χ4v) is 2.67. The van der Waals surface area contributed by atoms with Crippen LogP contribution >= 0.6 is 0 Å². The lowest BCUT2D eigenvalue weighted by Gasteiger charge is -2.29. The number of ether oxygens (including phenoxy) is 1. The number of carbonyl (C=O) groups is 1. The molecule has 2 rings (SSSR count). The van der Waals surface area contributed by atoms with Crippen molar-refractivity contribution in [2.75, 3.05) is 6.61 Å². The number of benzene rings is 1. The molecule has 1 aliphatic carbocycles. The van der Waals surface area contributed by atoms with Crippen LogP contribution in [0.2, 0.25) is 0 Å². The summed E-state index contributed by atoms with van der Waals surface area (Å²) in [7, 11) is 0. The van der Waals surface area contributed by atoms with E-state index in [0.29, 0.717) is 5.92 Å². The minimum atomic E-state index is -0.529. The van der Waals surface area contributed by atoms with Gasteiger partial charge in [-0.1, -0.05) is 12.1 Å². The van der Waals surface area contributed by atoms with Gasteiger partial charge >= 0.3 is 6.03 Å². The monoisotopic (exact) mass is 320 g/mol. The van der Waals surface area contributed by atoms with Crippen LogP contribution in [0.5, 0.6) is 5.75 Å². The van der Waals surface area contributed by atoms with E-state index in [2.05, 4.69) is 10.6 Å². The summed E-state index contributed by atoms with van der Waals surface area (Å²) in [5, 5.41) is 15.4. The van der Waals surface area contributed by atoms with Gasteiger partial charge in [-0.3, -0.25) is 0 Å². The Kier molecular flexibility index (Phi) is 5.52. The molecule has 2 atom stereocenters. The predicted octanol–water partition coefficient (Wildman–Crippen LogP) is 3.00. The molecule has 2 amide bonds. The first-order valence-electron chi connectivity index (χ1n) is 8.30. The van der Waals surface area contributed by atoms with Gasteiger partial charge in [0.15, 0.2) is 0 Å². The van der Waals surface area contributed by atoms with Crippen LogP contribution in [0.1, 0.15) is 52.1 Å². The maximum absolute atomic E-state index is 12.2. The number of aliphatic hydroxyl groups is 1. The zero-order valence-electron chi connectivity index (χ0n) is 14.4. The SMILES string of the molecule is CC(C)Oc1ccc(C(C)NC(=O)NC(C)(CO)C2CC2)cc1. The maximum atomic E-state index is 12.2. The van der Waals surface area contributed by atoms with Crippen molar-refractivity contribution in [3.05, 3.63) is 29.8 Å². The predicted molar refractivity (Wildman–Crippen MR) is 90.5 cm³/mol. The third kappa shape index (κ3) is 4.86. The summed E-state index contributed by atoms with van der Waals surface area (Å²) in [6.07, 6.45) is 2.26. The minimum absolute atomic E-state index is 0.0410. The quantitative estimate of drug-likeness (QED) is 0.723. The highest BCUT2D eigenvalue weighted by Crippen LogP contribution is 2.39. The van der Waals surface area contributed by atoms with Gasteiger partial charge in [-0.05, 0) is 64.2 Å². The first-order valence-corrected chi connectivity index (χ1v) is 8.30. The van der Waals surface area contributed by atoms with Gasteiger partial charge in [0, 0.05) is 0 Å². The van der Waals surface area contributed by atoms with E-state index in [1.807, 2.05) is 52.0 Å². The molecule has 5 nitrogen and oxygen atoms in total. The summed E-state index contributed by atoms with van der Waals surface area (Å²) < 4.78 is 5.62. The van der Waals surface area contributed by atoms with Gasteiger partial charge in [0.1, 0.15) is 5.75 Å². The van der Waals surface area contributed by atoms with E-state index < -0.39 is 5.54 Å². The second-order valence-corrected chi connectivity index (χ2v) is 6.91. The highest BCUT2D eigenvalue weighted by Gasteiger charge is 2.42. The Morgan fingerprint density at radius 1 is 1.30 bits per heavy atom. The van der Waals surface area contributed by atoms with Crippen molar-refractivity contribution >= 4 is 6.03 Å². The fourth-order valence-electron chi connectivity index (χ4n) is 2.67. The van der Waals surface area contributed by atoms with Crippen molar-refractivity contribution in [2.24, 2.45) is 5.92 Å². The molecule has 0 radical (unpaired) electrons. The molecule has 2 unspecified atom stereocenters. The molecule has 5 heteroatoms. The molecule has 1 fully saturated rings. The lowest BCUT2D eigenvalue weighted by molar-refractivity contribution is 0.154. The van der Waals surface area contributed by atoms with E-state index >= 15 is 0 Å². The second kappa shape index (κ2) is 7.21. The van der Waals surface area contributed by atoms with Gasteiger partial charge < -0.3 is 20.5 Å². The van der Waals surface area contributed by atoms with Crippen LogP contribution in [0.3, 0.4) is 0 Å². The van der Waals surface area contributed by atoms with Crippen molar-refractivity contribution in [3.8, 4) is 5.75 Å². The molecule has 1 aliphatic rings. The molecule has 23 heavy (non-hydrogen) atoms. The van der Waals surface area contributed by atoms with E-state index in [1.54, 1.807) is 0 Å². The van der Waals surface area contributed by atoms with Gasteiger partial charge in [-0.25, -0.2) is 4.79 Å². The molecule has 0 aromatic heterocycles. The number of amides is 2. The zero-order chi connectivity index (χ0) is 17.0. The van der Waals surface area contributed by atoms with Crippen molar-refractivity contribution in [2.45, 2.75) is 58.2 Å². The Balaban J connectivity index is 1.90. The van der Waals surface area contributed by atoms with E-state index in [4.69, 9.17) is 4.74 Å². The van der Waals surface area contributed by atoms with E-state index in [9.17, 15) is 9.90 Å². The summed E-state index contributed by atoms with van der Waals surface area (Å²) in [6, 6.07) is 7.36. The minimum Gasteiger partial charge on any atom is -0.491 e. The molecule has 128 valence electrons. The van der Waals surface area contributed by atoms with Gasteiger partial charge in [0.25, 0.3) is 0 Å². The van der Waals surface area contributed by atoms with Crippen molar-refractivity contribution < 1.29 is 14.6 Å². The summed E-state index contributed by atoms with van der Waals surface area (Å²) in [5.41, 5.74) is 0.479. The maximum Gasteiger partial charge on any atom is 0.315 e. The Morgan fingerprint density at radius 2 is 1.91 bits per heavy atom. The number of nitrogens with one attached hydrogen (secondary N) is 2. The Bertz CT molecular complexity index is 526. The standard InChI is InChI=1S/C18H28N2O3/c1-12(2)23-16-9-5-14(6-10-16)13(3)19-17(22)20-18(4,11-21)15-7-8-15/h5-6,9-10,12-13,15,21H,7-8,11H2,1-4H3,(H2,19,20,22). The molecule has 0 spiro atoms. The topological polar surface area (TPSA) is 70.6 Å². The van der Waals surface area contributed by atoms with Crippen LogP contribution in [0.25, 0.3) is 0 Å². The first-order chi connectivity index (χ1) is 10.8. The van der Waals surface area contributed by atoms with Crippen LogP contribution in [0.4, 0.5) is 4.79 Å². The molecule has 0 saturated heterocycles. The number of carbonyl (C=O) groups excluding carboxylic acids is 1. The third-order valence-electron chi connectivity index (χ3n) is 4.31. The van der Waals surface area contributed by atoms with Gasteiger partial charge in [0.2, 0.25) is 0 Å². The van der Waals surface area contributed by atoms with Gasteiger partial charge in [-0.2, -0.15) is 0 Å². The molecule has 1 aromatic carbocycles. The Labute approximate surface area is 138 Å². The highest BCUT2D eigenvalue weighted by atomic mass is 16.5. The smallest absolute Gasteiger partial charge is 0.315 e. The highest BCUT2D eigenvalue weighted by molar-refractivity contribution is 5.75. The fraction of sp³-hybridized carbons (Fsp3) is 0.611. The molecule has 1 aromatic rings. The summed E-state index contributed by atoms with van der Waals surface area (Å²) in [4.78, 5) is 12.2. The number of hydrogen-bond donors (Lipinski definition) is 3. The van der Waals surface area contributed by atoms with Gasteiger partial charge in [-0.15, -0.1) is 0 Å². The van der Waals surface area contributed by atoms with E-state index in [1.165, 1.54) is 0 Å². The van der Waals surface area contributed by atoms with Crippen molar-refractivity contribution in [1.82, 2.24) is 10.6 Å². The molecular formula is C18H28N2O3. The van der Waals surface area contributed by atoms with Crippen molar-refractivity contribution in [1.29, 1.82) is 0 Å². The van der Waals surface area contributed by atoms with Crippen LogP contribution in [-0.4, -0.2) is 29.4 Å². The van der Waals surface area contributed by atoms with Crippen LogP contribution < -0.4 is 15.4 Å². The number of urea groups is 1.